The molecule has 1 heterocycles. The van der Waals surface area contributed by atoms with Gasteiger partial charge in [0.2, 0.25) is 5.24 Å². The minimum Gasteiger partial charge on any atom is -0.367 e. The third kappa shape index (κ3) is 1.90. The SMILES string of the molecule is O=C(Cl)Cc1cc[nH]c1. The summed E-state index contributed by atoms with van der Waals surface area (Å²) in [5.74, 6) is 0. The molecule has 0 aliphatic carbocycles. The lowest BCUT2D eigenvalue weighted by molar-refractivity contribution is -0.111. The van der Waals surface area contributed by atoms with Crippen molar-refractivity contribution in [1.29, 1.82) is 0 Å². The maximum absolute atomic E-state index is 10.3. The molecule has 0 saturated carbocycles. The van der Waals surface area contributed by atoms with Crippen LogP contribution in [0.15, 0.2) is 18.5 Å². The van der Waals surface area contributed by atoms with E-state index in [1.54, 1.807) is 12.4 Å². The highest BCUT2D eigenvalue weighted by Crippen LogP contribution is 1.99. The second-order valence-corrected chi connectivity index (χ2v) is 2.17. The standard InChI is InChI=1S/C6H6ClNO/c7-6(9)3-5-1-2-8-4-5/h1-2,4,8H,3H2. The topological polar surface area (TPSA) is 32.9 Å². The van der Waals surface area contributed by atoms with Crippen molar-refractivity contribution in [2.24, 2.45) is 0 Å². The molecular weight excluding hydrogens is 138 g/mol. The maximum Gasteiger partial charge on any atom is 0.226 e. The molecule has 0 aliphatic rings. The molecule has 1 aromatic rings. The lowest BCUT2D eigenvalue weighted by Crippen LogP contribution is -1.89. The number of carbonyl (C=O) groups is 1. The fourth-order valence-electron chi connectivity index (χ4n) is 0.629. The van der Waals surface area contributed by atoms with Crippen LogP contribution in [-0.2, 0) is 11.2 Å². The average molecular weight is 144 g/mol. The van der Waals surface area contributed by atoms with Crippen LogP contribution in [0.25, 0.3) is 0 Å². The summed E-state index contributed by atoms with van der Waals surface area (Å²) < 4.78 is 0. The number of aromatic nitrogens is 1. The van der Waals surface area contributed by atoms with Crippen molar-refractivity contribution in [3.63, 3.8) is 0 Å². The highest BCUT2D eigenvalue weighted by Gasteiger charge is 1.97. The van der Waals surface area contributed by atoms with Crippen molar-refractivity contribution in [3.05, 3.63) is 24.0 Å². The van der Waals surface area contributed by atoms with Gasteiger partial charge in [-0.1, -0.05) is 0 Å². The monoisotopic (exact) mass is 143 g/mol. The fourth-order valence-corrected chi connectivity index (χ4v) is 0.783. The maximum atomic E-state index is 10.3. The number of rotatable bonds is 2. The molecule has 1 rings (SSSR count). The quantitative estimate of drug-likeness (QED) is 0.623. The van der Waals surface area contributed by atoms with E-state index < -0.39 is 0 Å². The first-order valence-corrected chi connectivity index (χ1v) is 2.97. The Morgan fingerprint density at radius 2 is 2.56 bits per heavy atom. The lowest BCUT2D eigenvalue weighted by atomic mass is 10.3. The van der Waals surface area contributed by atoms with Crippen LogP contribution < -0.4 is 0 Å². The second kappa shape index (κ2) is 2.69. The molecular formula is C6H6ClNO. The van der Waals surface area contributed by atoms with Crippen LogP contribution in [0, 0.1) is 0 Å². The first kappa shape index (κ1) is 6.36. The van der Waals surface area contributed by atoms with Gasteiger partial charge in [-0.2, -0.15) is 0 Å². The Kier molecular flexibility index (Phi) is 1.90. The molecule has 0 radical (unpaired) electrons. The molecule has 1 N–H and O–H groups in total. The van der Waals surface area contributed by atoms with Gasteiger partial charge in [0, 0.05) is 18.8 Å². The van der Waals surface area contributed by atoms with Gasteiger partial charge in [-0.25, -0.2) is 0 Å². The van der Waals surface area contributed by atoms with E-state index in [1.165, 1.54) is 0 Å². The number of hydrogen-bond acceptors (Lipinski definition) is 1. The van der Waals surface area contributed by atoms with Gasteiger partial charge in [-0.3, -0.25) is 4.79 Å². The molecule has 0 saturated heterocycles. The number of H-pyrrole nitrogens is 1. The van der Waals surface area contributed by atoms with Crippen LogP contribution >= 0.6 is 11.6 Å². The zero-order chi connectivity index (χ0) is 6.69. The van der Waals surface area contributed by atoms with Gasteiger partial charge in [0.15, 0.2) is 0 Å². The van der Waals surface area contributed by atoms with Gasteiger partial charge >= 0.3 is 0 Å². The van der Waals surface area contributed by atoms with E-state index in [1.807, 2.05) is 6.07 Å². The highest BCUT2D eigenvalue weighted by molar-refractivity contribution is 6.63. The molecule has 2 nitrogen and oxygen atoms in total. The molecule has 48 valence electrons. The summed E-state index contributed by atoms with van der Waals surface area (Å²) in [6.45, 7) is 0. The molecule has 0 atom stereocenters. The van der Waals surface area contributed by atoms with Crippen molar-refractivity contribution >= 4 is 16.8 Å². The molecule has 0 aromatic carbocycles. The molecule has 0 fully saturated rings. The summed E-state index contributed by atoms with van der Waals surface area (Å²) in [5, 5.41) is -0.324. The highest BCUT2D eigenvalue weighted by atomic mass is 35.5. The second-order valence-electron chi connectivity index (χ2n) is 1.75. The fraction of sp³-hybridized carbons (Fsp3) is 0.167. The van der Waals surface area contributed by atoms with Gasteiger partial charge in [-0.15, -0.1) is 0 Å². The summed E-state index contributed by atoms with van der Waals surface area (Å²) in [6, 6.07) is 1.82. The number of carbonyl (C=O) groups excluding carboxylic acids is 1. The van der Waals surface area contributed by atoms with Gasteiger partial charge in [0.25, 0.3) is 0 Å². The largest absolute Gasteiger partial charge is 0.367 e. The average Bonchev–Trinajstić information content (AvgIpc) is 2.15. The number of hydrogen-bond donors (Lipinski definition) is 1. The van der Waals surface area contributed by atoms with Crippen LogP contribution in [0.4, 0.5) is 0 Å². The van der Waals surface area contributed by atoms with E-state index in [2.05, 4.69) is 4.98 Å². The molecule has 3 heteroatoms. The van der Waals surface area contributed by atoms with Crippen LogP contribution in [-0.4, -0.2) is 10.2 Å². The molecule has 0 unspecified atom stereocenters. The molecule has 0 spiro atoms. The van der Waals surface area contributed by atoms with Crippen LogP contribution in [0.5, 0.6) is 0 Å². The minimum atomic E-state index is -0.324. The molecule has 9 heavy (non-hydrogen) atoms. The van der Waals surface area contributed by atoms with Gasteiger partial charge < -0.3 is 4.98 Å². The van der Waals surface area contributed by atoms with Crippen LogP contribution in [0.2, 0.25) is 0 Å². The van der Waals surface area contributed by atoms with Crippen LogP contribution in [0.3, 0.4) is 0 Å². The summed E-state index contributed by atoms with van der Waals surface area (Å²) >= 11 is 5.12. The molecule has 1 aromatic heterocycles. The summed E-state index contributed by atoms with van der Waals surface area (Å²) in [4.78, 5) is 13.1. The Bertz CT molecular complexity index is 193. The number of aromatic amines is 1. The third-order valence-electron chi connectivity index (χ3n) is 1.01. The van der Waals surface area contributed by atoms with Gasteiger partial charge in [-0.05, 0) is 23.2 Å². The Labute approximate surface area is 57.8 Å². The first-order chi connectivity index (χ1) is 4.29. The molecule has 0 bridgehead atoms. The van der Waals surface area contributed by atoms with E-state index in [4.69, 9.17) is 11.6 Å². The summed E-state index contributed by atoms with van der Waals surface area (Å²) in [6.07, 6.45) is 3.82. The minimum absolute atomic E-state index is 0.311. The number of nitrogens with one attached hydrogen (secondary N) is 1. The zero-order valence-corrected chi connectivity index (χ0v) is 5.48. The Morgan fingerprint density at radius 1 is 1.78 bits per heavy atom. The smallest absolute Gasteiger partial charge is 0.226 e. The predicted octanol–water partition coefficient (Wildman–Crippen LogP) is 1.32. The normalized spacial score (nSPS) is 9.44. The summed E-state index contributed by atoms with van der Waals surface area (Å²) in [5.41, 5.74) is 0.926. The third-order valence-corrected chi connectivity index (χ3v) is 1.14. The van der Waals surface area contributed by atoms with Crippen molar-refractivity contribution in [3.8, 4) is 0 Å². The van der Waals surface area contributed by atoms with Crippen molar-refractivity contribution in [1.82, 2.24) is 4.98 Å². The lowest BCUT2D eigenvalue weighted by Gasteiger charge is -1.84. The van der Waals surface area contributed by atoms with E-state index in [0.717, 1.165) is 5.56 Å². The Morgan fingerprint density at radius 3 is 3.00 bits per heavy atom. The summed E-state index contributed by atoms with van der Waals surface area (Å²) in [7, 11) is 0. The van der Waals surface area contributed by atoms with E-state index in [-0.39, 0.29) is 5.24 Å². The number of halogens is 1. The first-order valence-electron chi connectivity index (χ1n) is 2.59. The van der Waals surface area contributed by atoms with Crippen molar-refractivity contribution in [2.75, 3.05) is 0 Å². The molecule has 0 aliphatic heterocycles. The molecule has 0 amide bonds. The Balaban J connectivity index is 2.58. The van der Waals surface area contributed by atoms with Gasteiger partial charge in [0.05, 0.1) is 0 Å². The Hall–Kier alpha value is -0.760. The predicted molar refractivity (Wildman–Crippen MR) is 35.4 cm³/mol. The zero-order valence-electron chi connectivity index (χ0n) is 4.73. The van der Waals surface area contributed by atoms with Crippen LogP contribution in [0.1, 0.15) is 5.56 Å². The van der Waals surface area contributed by atoms with E-state index >= 15 is 0 Å². The van der Waals surface area contributed by atoms with Crippen molar-refractivity contribution in [2.45, 2.75) is 6.42 Å². The van der Waals surface area contributed by atoms with E-state index in [9.17, 15) is 4.79 Å². The van der Waals surface area contributed by atoms with Gasteiger partial charge in [0.1, 0.15) is 0 Å². The van der Waals surface area contributed by atoms with Crippen molar-refractivity contribution < 1.29 is 4.79 Å². The van der Waals surface area contributed by atoms with E-state index in [0.29, 0.717) is 6.42 Å².